The summed E-state index contributed by atoms with van der Waals surface area (Å²) in [6.45, 7) is 5.52. The van der Waals surface area contributed by atoms with Gasteiger partial charge in [0.25, 0.3) is 0 Å². The zero-order chi connectivity index (χ0) is 16.8. The number of aryl methyl sites for hydroxylation is 1. The maximum atomic E-state index is 12.3. The van der Waals surface area contributed by atoms with Crippen molar-refractivity contribution in [2.24, 2.45) is 0 Å². The van der Waals surface area contributed by atoms with Crippen molar-refractivity contribution in [3.8, 4) is 0 Å². The van der Waals surface area contributed by atoms with E-state index in [0.717, 1.165) is 25.2 Å². The molecule has 2 aromatic carbocycles. The highest BCUT2D eigenvalue weighted by atomic mass is 16.1. The Labute approximate surface area is 144 Å². The van der Waals surface area contributed by atoms with Crippen molar-refractivity contribution in [3.05, 3.63) is 71.3 Å². The van der Waals surface area contributed by atoms with Gasteiger partial charge in [0.2, 0.25) is 0 Å². The summed E-state index contributed by atoms with van der Waals surface area (Å²) in [6.07, 6.45) is 2.54. The van der Waals surface area contributed by atoms with Gasteiger partial charge < -0.3 is 5.32 Å². The number of likely N-dealkylation sites (tertiary alicyclic amines) is 1. The standard InChI is InChI=1S/C21H26N2O/c1-17-9-11-19(12-10-17)21(24)16-22-15-20(23-13-5-6-14-23)18-7-3-2-4-8-18/h2-4,7-12,20,22H,5-6,13-16H2,1H3. The Morgan fingerprint density at radius 2 is 1.71 bits per heavy atom. The van der Waals surface area contributed by atoms with E-state index in [2.05, 4.69) is 40.5 Å². The zero-order valence-electron chi connectivity index (χ0n) is 14.4. The molecule has 0 radical (unpaired) electrons. The highest BCUT2D eigenvalue weighted by Crippen LogP contribution is 2.24. The Kier molecular flexibility index (Phi) is 5.78. The summed E-state index contributed by atoms with van der Waals surface area (Å²) in [7, 11) is 0. The molecule has 0 amide bonds. The molecule has 1 atom stereocenters. The number of hydrogen-bond donors (Lipinski definition) is 1. The van der Waals surface area contributed by atoms with E-state index in [1.165, 1.54) is 24.0 Å². The molecular weight excluding hydrogens is 296 g/mol. The summed E-state index contributed by atoms with van der Waals surface area (Å²) in [5.74, 6) is 0.156. The summed E-state index contributed by atoms with van der Waals surface area (Å²) < 4.78 is 0. The predicted octanol–water partition coefficient (Wildman–Crippen LogP) is 3.60. The van der Waals surface area contributed by atoms with Gasteiger partial charge in [-0.15, -0.1) is 0 Å². The molecule has 0 aliphatic carbocycles. The third kappa shape index (κ3) is 4.31. The van der Waals surface area contributed by atoms with Gasteiger partial charge in [-0.3, -0.25) is 9.69 Å². The molecule has 0 bridgehead atoms. The molecule has 1 fully saturated rings. The third-order valence-electron chi connectivity index (χ3n) is 4.76. The average Bonchev–Trinajstić information content (AvgIpc) is 3.14. The lowest BCUT2D eigenvalue weighted by Crippen LogP contribution is -2.36. The van der Waals surface area contributed by atoms with Crippen LogP contribution < -0.4 is 5.32 Å². The predicted molar refractivity (Wildman–Crippen MR) is 98.4 cm³/mol. The van der Waals surface area contributed by atoms with E-state index in [-0.39, 0.29) is 5.78 Å². The smallest absolute Gasteiger partial charge is 0.176 e. The number of nitrogens with zero attached hydrogens (tertiary/aromatic N) is 1. The lowest BCUT2D eigenvalue weighted by atomic mass is 10.1. The van der Waals surface area contributed by atoms with Gasteiger partial charge >= 0.3 is 0 Å². The van der Waals surface area contributed by atoms with Crippen molar-refractivity contribution in [2.45, 2.75) is 25.8 Å². The summed E-state index contributed by atoms with van der Waals surface area (Å²) in [5.41, 5.74) is 3.29. The third-order valence-corrected chi connectivity index (χ3v) is 4.76. The number of benzene rings is 2. The van der Waals surface area contributed by atoms with E-state index in [9.17, 15) is 4.79 Å². The molecule has 2 aromatic rings. The van der Waals surface area contributed by atoms with Crippen molar-refractivity contribution >= 4 is 5.78 Å². The topological polar surface area (TPSA) is 32.3 Å². The summed E-state index contributed by atoms with van der Waals surface area (Å²) in [6, 6.07) is 18.8. The molecule has 1 N–H and O–H groups in total. The molecule has 3 heteroatoms. The van der Waals surface area contributed by atoms with Crippen LogP contribution in [0.5, 0.6) is 0 Å². The monoisotopic (exact) mass is 322 g/mol. The van der Waals surface area contributed by atoms with Gasteiger partial charge in [-0.1, -0.05) is 60.2 Å². The molecule has 0 aromatic heterocycles. The number of nitrogens with one attached hydrogen (secondary N) is 1. The first-order valence-corrected chi connectivity index (χ1v) is 8.83. The Bertz CT molecular complexity index is 645. The SMILES string of the molecule is Cc1ccc(C(=O)CNCC(c2ccccc2)N2CCCC2)cc1. The normalized spacial score (nSPS) is 16.2. The van der Waals surface area contributed by atoms with Crippen LogP contribution in [-0.4, -0.2) is 36.9 Å². The Morgan fingerprint density at radius 1 is 1.04 bits per heavy atom. The van der Waals surface area contributed by atoms with E-state index in [0.29, 0.717) is 12.6 Å². The van der Waals surface area contributed by atoms with Gasteiger partial charge in [-0.05, 0) is 38.4 Å². The maximum Gasteiger partial charge on any atom is 0.176 e. The number of rotatable bonds is 7. The Hall–Kier alpha value is -1.97. The minimum atomic E-state index is 0.156. The van der Waals surface area contributed by atoms with Crippen LogP contribution in [0.1, 0.15) is 40.4 Å². The Balaban J connectivity index is 1.59. The first-order valence-electron chi connectivity index (χ1n) is 8.83. The molecule has 1 saturated heterocycles. The van der Waals surface area contributed by atoms with E-state index in [4.69, 9.17) is 0 Å². The van der Waals surface area contributed by atoms with Gasteiger partial charge in [0.05, 0.1) is 6.54 Å². The molecule has 24 heavy (non-hydrogen) atoms. The van der Waals surface area contributed by atoms with E-state index in [1.54, 1.807) is 0 Å². The molecule has 1 heterocycles. The molecule has 3 rings (SSSR count). The maximum absolute atomic E-state index is 12.3. The van der Waals surface area contributed by atoms with Gasteiger partial charge in [0, 0.05) is 18.2 Å². The number of carbonyl (C=O) groups is 1. The van der Waals surface area contributed by atoms with Gasteiger partial charge in [-0.25, -0.2) is 0 Å². The number of ketones is 1. The molecule has 0 spiro atoms. The van der Waals surface area contributed by atoms with Crippen LogP contribution in [0, 0.1) is 6.92 Å². The van der Waals surface area contributed by atoms with Crippen molar-refractivity contribution in [1.82, 2.24) is 10.2 Å². The molecule has 3 nitrogen and oxygen atoms in total. The zero-order valence-corrected chi connectivity index (χ0v) is 14.4. The average molecular weight is 322 g/mol. The molecular formula is C21H26N2O. The van der Waals surface area contributed by atoms with E-state index in [1.807, 2.05) is 31.2 Å². The Morgan fingerprint density at radius 3 is 2.38 bits per heavy atom. The van der Waals surface area contributed by atoms with Gasteiger partial charge in [-0.2, -0.15) is 0 Å². The van der Waals surface area contributed by atoms with Crippen LogP contribution in [-0.2, 0) is 0 Å². The highest BCUT2D eigenvalue weighted by molar-refractivity contribution is 5.97. The van der Waals surface area contributed by atoms with Crippen LogP contribution in [0.4, 0.5) is 0 Å². The largest absolute Gasteiger partial charge is 0.308 e. The fraction of sp³-hybridized carbons (Fsp3) is 0.381. The molecule has 1 aliphatic rings. The van der Waals surface area contributed by atoms with Gasteiger partial charge in [0.15, 0.2) is 5.78 Å². The summed E-state index contributed by atoms with van der Waals surface area (Å²) >= 11 is 0. The quantitative estimate of drug-likeness (QED) is 0.791. The van der Waals surface area contributed by atoms with Crippen LogP contribution in [0.2, 0.25) is 0 Å². The van der Waals surface area contributed by atoms with E-state index < -0.39 is 0 Å². The van der Waals surface area contributed by atoms with Crippen molar-refractivity contribution in [3.63, 3.8) is 0 Å². The highest BCUT2D eigenvalue weighted by Gasteiger charge is 2.23. The van der Waals surface area contributed by atoms with Crippen LogP contribution in [0.25, 0.3) is 0 Å². The summed E-state index contributed by atoms with van der Waals surface area (Å²) in [4.78, 5) is 14.8. The lowest BCUT2D eigenvalue weighted by Gasteiger charge is -2.28. The van der Waals surface area contributed by atoms with Crippen LogP contribution in [0.3, 0.4) is 0 Å². The second-order valence-electron chi connectivity index (χ2n) is 6.59. The minimum absolute atomic E-state index is 0.156. The molecule has 0 saturated carbocycles. The second-order valence-corrected chi connectivity index (χ2v) is 6.59. The fourth-order valence-electron chi connectivity index (χ4n) is 3.35. The second kappa shape index (κ2) is 8.22. The molecule has 1 aliphatic heterocycles. The van der Waals surface area contributed by atoms with Crippen molar-refractivity contribution < 1.29 is 4.79 Å². The number of hydrogen-bond acceptors (Lipinski definition) is 3. The number of Topliss-reactive ketones (excluding diaryl/α,β-unsaturated/α-hetero) is 1. The summed E-state index contributed by atoms with van der Waals surface area (Å²) in [5, 5.41) is 3.38. The van der Waals surface area contributed by atoms with E-state index >= 15 is 0 Å². The number of carbonyl (C=O) groups excluding carboxylic acids is 1. The lowest BCUT2D eigenvalue weighted by molar-refractivity contribution is 0.0987. The van der Waals surface area contributed by atoms with Crippen molar-refractivity contribution in [2.75, 3.05) is 26.2 Å². The van der Waals surface area contributed by atoms with Crippen molar-refractivity contribution in [1.29, 1.82) is 0 Å². The van der Waals surface area contributed by atoms with Crippen LogP contribution in [0.15, 0.2) is 54.6 Å². The molecule has 126 valence electrons. The molecule has 1 unspecified atom stereocenters. The fourth-order valence-corrected chi connectivity index (χ4v) is 3.35. The van der Waals surface area contributed by atoms with Crippen LogP contribution >= 0.6 is 0 Å². The first kappa shape index (κ1) is 16.9. The minimum Gasteiger partial charge on any atom is -0.308 e. The van der Waals surface area contributed by atoms with Gasteiger partial charge in [0.1, 0.15) is 0 Å². The first-order chi connectivity index (χ1) is 11.7.